The van der Waals surface area contributed by atoms with Gasteiger partial charge in [-0.25, -0.2) is 5.01 Å². The molecule has 6 heteroatoms. The normalized spacial score (nSPS) is 18.1. The summed E-state index contributed by atoms with van der Waals surface area (Å²) in [5, 5.41) is 1.02. The molecule has 0 bridgehead atoms. The highest BCUT2D eigenvalue weighted by Crippen LogP contribution is 2.29. The number of carbonyl (C=O) groups is 1. The monoisotopic (exact) mass is 286 g/mol. The number of nitrogens with zero attached hydrogens (tertiary/aromatic N) is 1. The third kappa shape index (κ3) is 3.96. The smallest absolute Gasteiger partial charge is 0.288 e. The lowest BCUT2D eigenvalue weighted by molar-refractivity contribution is -0.190. The van der Waals surface area contributed by atoms with Gasteiger partial charge in [-0.15, -0.1) is 0 Å². The van der Waals surface area contributed by atoms with Gasteiger partial charge in [0.25, 0.3) is 0 Å². The Morgan fingerprint density at radius 3 is 2.50 bits per heavy atom. The van der Waals surface area contributed by atoms with Crippen molar-refractivity contribution in [1.82, 2.24) is 10.4 Å². The summed E-state index contributed by atoms with van der Waals surface area (Å²) >= 11 is 0. The van der Waals surface area contributed by atoms with Crippen molar-refractivity contribution in [2.75, 3.05) is 6.54 Å². The summed E-state index contributed by atoms with van der Waals surface area (Å²) in [4.78, 5) is 11.1. The van der Waals surface area contributed by atoms with Crippen molar-refractivity contribution in [3.05, 3.63) is 35.9 Å². The van der Waals surface area contributed by atoms with Gasteiger partial charge >= 0.3 is 6.18 Å². The van der Waals surface area contributed by atoms with Gasteiger partial charge in [-0.2, -0.15) is 13.2 Å². The Hall–Kier alpha value is -1.56. The Kier molecular flexibility index (Phi) is 4.65. The minimum absolute atomic E-state index is 0.0152. The van der Waals surface area contributed by atoms with E-state index in [9.17, 15) is 18.0 Å². The number of halogens is 3. The van der Waals surface area contributed by atoms with Crippen LogP contribution in [0.2, 0.25) is 0 Å². The summed E-state index contributed by atoms with van der Waals surface area (Å²) in [7, 11) is 0. The second kappa shape index (κ2) is 6.26. The van der Waals surface area contributed by atoms with E-state index in [-0.39, 0.29) is 25.3 Å². The van der Waals surface area contributed by atoms with E-state index >= 15 is 0 Å². The summed E-state index contributed by atoms with van der Waals surface area (Å²) in [5.41, 5.74) is 3.31. The minimum atomic E-state index is -4.33. The molecule has 1 amide bonds. The molecule has 1 atom stereocenters. The summed E-state index contributed by atoms with van der Waals surface area (Å²) in [6, 6.07) is 7.83. The standard InChI is InChI=1S/C14H17F3N2O/c15-14(16,17)12(19-10-9-13(20)18-19)8-4-7-11-5-2-1-3-6-11/h1-3,5-6,12H,4,7-10H2,(H,18,20). The molecule has 1 fully saturated rings. The molecule has 1 aliphatic rings. The molecule has 0 radical (unpaired) electrons. The third-order valence-corrected chi connectivity index (χ3v) is 3.39. The van der Waals surface area contributed by atoms with Crippen LogP contribution < -0.4 is 5.43 Å². The van der Waals surface area contributed by atoms with Crippen LogP contribution in [-0.2, 0) is 11.2 Å². The number of hydrogen-bond donors (Lipinski definition) is 1. The number of hydrazine groups is 1. The summed E-state index contributed by atoms with van der Waals surface area (Å²) in [6.07, 6.45) is -3.17. The van der Waals surface area contributed by atoms with Gasteiger partial charge in [0, 0.05) is 13.0 Å². The van der Waals surface area contributed by atoms with Gasteiger partial charge in [-0.3, -0.25) is 10.2 Å². The van der Waals surface area contributed by atoms with Crippen LogP contribution in [0.4, 0.5) is 13.2 Å². The van der Waals surface area contributed by atoms with Crippen molar-refractivity contribution in [1.29, 1.82) is 0 Å². The number of aryl methyl sites for hydroxylation is 1. The Labute approximate surface area is 115 Å². The van der Waals surface area contributed by atoms with Crippen molar-refractivity contribution in [2.45, 2.75) is 37.9 Å². The van der Waals surface area contributed by atoms with E-state index in [2.05, 4.69) is 5.43 Å². The second-order valence-electron chi connectivity index (χ2n) is 4.91. The lowest BCUT2D eigenvalue weighted by atomic mass is 10.0. The zero-order valence-corrected chi connectivity index (χ0v) is 11.0. The van der Waals surface area contributed by atoms with Gasteiger partial charge in [0.15, 0.2) is 0 Å². The van der Waals surface area contributed by atoms with Crippen LogP contribution in [0.5, 0.6) is 0 Å². The van der Waals surface area contributed by atoms with Crippen LogP contribution in [0, 0.1) is 0 Å². The average Bonchev–Trinajstić information content (AvgIpc) is 2.80. The molecule has 0 saturated carbocycles. The summed E-state index contributed by atoms with van der Waals surface area (Å²) in [5.74, 6) is -0.345. The highest BCUT2D eigenvalue weighted by Gasteiger charge is 2.45. The maximum absolute atomic E-state index is 13.0. The molecule has 3 nitrogen and oxygen atoms in total. The van der Waals surface area contributed by atoms with Crippen LogP contribution >= 0.6 is 0 Å². The molecule has 1 N–H and O–H groups in total. The van der Waals surface area contributed by atoms with Gasteiger partial charge in [-0.05, 0) is 24.8 Å². The molecule has 1 unspecified atom stereocenters. The van der Waals surface area contributed by atoms with Crippen molar-refractivity contribution < 1.29 is 18.0 Å². The average molecular weight is 286 g/mol. The molecule has 1 aliphatic heterocycles. The number of amides is 1. The Bertz CT molecular complexity index is 447. The quantitative estimate of drug-likeness (QED) is 0.902. The molecule has 20 heavy (non-hydrogen) atoms. The molecular weight excluding hydrogens is 269 g/mol. The number of nitrogens with one attached hydrogen (secondary N) is 1. The molecule has 0 aliphatic carbocycles. The minimum Gasteiger partial charge on any atom is -0.288 e. The van der Waals surface area contributed by atoms with E-state index in [0.29, 0.717) is 12.8 Å². The number of benzene rings is 1. The summed E-state index contributed by atoms with van der Waals surface area (Å²) in [6.45, 7) is 0.119. The predicted molar refractivity (Wildman–Crippen MR) is 68.7 cm³/mol. The maximum Gasteiger partial charge on any atom is 0.405 e. The highest BCUT2D eigenvalue weighted by atomic mass is 19.4. The fourth-order valence-electron chi connectivity index (χ4n) is 2.37. The highest BCUT2D eigenvalue weighted by molar-refractivity contribution is 5.77. The molecule has 1 heterocycles. The number of rotatable bonds is 5. The molecule has 110 valence electrons. The second-order valence-corrected chi connectivity index (χ2v) is 4.91. The SMILES string of the molecule is O=C1CCN(C(CCCc2ccccc2)C(F)(F)F)N1. The van der Waals surface area contributed by atoms with Gasteiger partial charge in [0.2, 0.25) is 5.91 Å². The van der Waals surface area contributed by atoms with Crippen LogP contribution in [0.1, 0.15) is 24.8 Å². The lowest BCUT2D eigenvalue weighted by Crippen LogP contribution is -2.49. The molecule has 0 spiro atoms. The number of hydrogen-bond acceptors (Lipinski definition) is 2. The van der Waals surface area contributed by atoms with E-state index < -0.39 is 12.2 Å². The van der Waals surface area contributed by atoms with Gasteiger partial charge in [-0.1, -0.05) is 30.3 Å². The summed E-state index contributed by atoms with van der Waals surface area (Å²) < 4.78 is 39.1. The first-order valence-corrected chi connectivity index (χ1v) is 6.63. The molecular formula is C14H17F3N2O. The van der Waals surface area contributed by atoms with Crippen LogP contribution in [0.15, 0.2) is 30.3 Å². The van der Waals surface area contributed by atoms with Crippen LogP contribution in [0.25, 0.3) is 0 Å². The zero-order valence-electron chi connectivity index (χ0n) is 11.0. The fraction of sp³-hybridized carbons (Fsp3) is 0.500. The molecule has 1 aromatic carbocycles. The van der Waals surface area contributed by atoms with Crippen molar-refractivity contribution in [3.8, 4) is 0 Å². The van der Waals surface area contributed by atoms with Crippen LogP contribution in [-0.4, -0.2) is 29.7 Å². The Morgan fingerprint density at radius 2 is 1.95 bits per heavy atom. The molecule has 2 rings (SSSR count). The topological polar surface area (TPSA) is 32.3 Å². The van der Waals surface area contributed by atoms with E-state index in [0.717, 1.165) is 10.6 Å². The Morgan fingerprint density at radius 1 is 1.25 bits per heavy atom. The Balaban J connectivity index is 1.90. The maximum atomic E-state index is 13.0. The third-order valence-electron chi connectivity index (χ3n) is 3.39. The van der Waals surface area contributed by atoms with Gasteiger partial charge in [0.1, 0.15) is 6.04 Å². The van der Waals surface area contributed by atoms with E-state index in [1.807, 2.05) is 30.3 Å². The van der Waals surface area contributed by atoms with Gasteiger partial charge in [0.05, 0.1) is 0 Å². The van der Waals surface area contributed by atoms with E-state index in [1.165, 1.54) is 0 Å². The predicted octanol–water partition coefficient (Wildman–Crippen LogP) is 2.68. The van der Waals surface area contributed by atoms with Crippen molar-refractivity contribution in [2.24, 2.45) is 0 Å². The van der Waals surface area contributed by atoms with E-state index in [4.69, 9.17) is 0 Å². The molecule has 0 aromatic heterocycles. The van der Waals surface area contributed by atoms with Crippen molar-refractivity contribution >= 4 is 5.91 Å². The molecule has 1 saturated heterocycles. The first-order valence-electron chi connectivity index (χ1n) is 6.63. The first-order chi connectivity index (χ1) is 9.47. The van der Waals surface area contributed by atoms with E-state index in [1.54, 1.807) is 0 Å². The van der Waals surface area contributed by atoms with Crippen LogP contribution in [0.3, 0.4) is 0 Å². The van der Waals surface area contributed by atoms with Crippen molar-refractivity contribution in [3.63, 3.8) is 0 Å². The molecule has 1 aromatic rings. The fourth-order valence-corrected chi connectivity index (χ4v) is 2.37. The first kappa shape index (κ1) is 14.8. The number of carbonyl (C=O) groups excluding carboxylic acids is 1. The zero-order chi connectivity index (χ0) is 14.6. The lowest BCUT2D eigenvalue weighted by Gasteiger charge is -2.28. The largest absolute Gasteiger partial charge is 0.405 e. The van der Waals surface area contributed by atoms with Gasteiger partial charge < -0.3 is 0 Å². The number of alkyl halides is 3.